The largest absolute Gasteiger partial charge is 0.339 e. The minimum Gasteiger partial charge on any atom is -0.339 e. The Kier molecular flexibility index (Phi) is 9.17. The lowest BCUT2D eigenvalue weighted by atomic mass is 9.70. The monoisotopic (exact) mass is 671 g/mol. The molecule has 3 saturated heterocycles. The molecule has 3 aliphatic rings. The predicted molar refractivity (Wildman–Crippen MR) is 186 cm³/mol. The summed E-state index contributed by atoms with van der Waals surface area (Å²) in [5, 5.41) is 0. The van der Waals surface area contributed by atoms with E-state index in [0.29, 0.717) is 37.6 Å². The highest BCUT2D eigenvalue weighted by molar-refractivity contribution is 7.89. The maximum Gasteiger partial charge on any atom is 0.253 e. The maximum atomic E-state index is 14.6. The molecule has 3 fully saturated rings. The Bertz CT molecular complexity index is 1870. The van der Waals surface area contributed by atoms with Gasteiger partial charge in [-0.15, -0.1) is 0 Å². The van der Waals surface area contributed by atoms with E-state index < -0.39 is 20.7 Å². The summed E-state index contributed by atoms with van der Waals surface area (Å²) in [7, 11) is -4.05. The minimum atomic E-state index is -4.05. The second-order valence-corrected chi connectivity index (χ2v) is 15.7. The van der Waals surface area contributed by atoms with Crippen molar-refractivity contribution in [1.82, 2.24) is 24.1 Å². The molecular formula is C38H46FN5O3S. The average molecular weight is 672 g/mol. The number of hydrogen-bond donors (Lipinski definition) is 1. The van der Waals surface area contributed by atoms with Crippen molar-refractivity contribution in [1.29, 1.82) is 0 Å². The van der Waals surface area contributed by atoms with Crippen LogP contribution in [-0.2, 0) is 15.4 Å². The van der Waals surface area contributed by atoms with Gasteiger partial charge in [-0.3, -0.25) is 9.69 Å². The second kappa shape index (κ2) is 13.4. The number of piperidine rings is 2. The molecule has 1 N–H and O–H groups in total. The quantitative estimate of drug-likeness (QED) is 0.205. The Balaban J connectivity index is 1.05. The molecular weight excluding hydrogens is 626 g/mol. The number of likely N-dealkylation sites (tertiary alicyclic amines) is 1. The molecule has 1 amide bonds. The normalized spacial score (nSPS) is 22.7. The number of halogens is 1. The van der Waals surface area contributed by atoms with E-state index in [4.69, 9.17) is 4.98 Å². The van der Waals surface area contributed by atoms with Crippen molar-refractivity contribution in [3.8, 4) is 0 Å². The molecule has 48 heavy (non-hydrogen) atoms. The minimum absolute atomic E-state index is 0.0627. The van der Waals surface area contributed by atoms with Gasteiger partial charge in [0.05, 0.1) is 11.0 Å². The number of carbonyl (C=O) groups is 1. The van der Waals surface area contributed by atoms with Gasteiger partial charge in [-0.25, -0.2) is 22.5 Å². The van der Waals surface area contributed by atoms with Crippen LogP contribution in [-0.4, -0.2) is 71.9 Å². The van der Waals surface area contributed by atoms with Crippen LogP contribution in [0.4, 0.5) is 4.39 Å². The summed E-state index contributed by atoms with van der Waals surface area (Å²) >= 11 is 0. The molecule has 4 aromatic rings. The third kappa shape index (κ3) is 6.18. The van der Waals surface area contributed by atoms with Crippen LogP contribution >= 0.6 is 0 Å². The number of nitrogens with zero attached hydrogens (tertiary/aromatic N) is 4. The smallest absolute Gasteiger partial charge is 0.253 e. The lowest BCUT2D eigenvalue weighted by molar-refractivity contribution is 0.0606. The summed E-state index contributed by atoms with van der Waals surface area (Å²) in [5.41, 5.74) is 3.77. The van der Waals surface area contributed by atoms with E-state index in [9.17, 15) is 17.6 Å². The molecule has 1 aromatic heterocycles. The van der Waals surface area contributed by atoms with Gasteiger partial charge >= 0.3 is 0 Å². The number of amides is 1. The number of aromatic nitrogens is 2. The zero-order valence-corrected chi connectivity index (χ0v) is 28.8. The number of imidazole rings is 1. The Morgan fingerprint density at radius 3 is 2.35 bits per heavy atom. The standard InChI is InChI=1S/C38H46FN5O3S/c1-3-20-40-48(46,47)36-24-28(13-16-33(36)39)37(45)42-21-17-38(18-22-42,29-9-5-4-6-10-29)19-23-43-30-14-15-31(43)26-32(25-30)44-27(2)41-34-11-7-8-12-35(34)44/h4-13,16,24,30-32,40H,3,14-15,17-23,25-26H2,1-2H3/t30-,31+,32+. The van der Waals surface area contributed by atoms with Crippen molar-refractivity contribution in [2.75, 3.05) is 26.2 Å². The zero-order valence-electron chi connectivity index (χ0n) is 27.9. The molecule has 0 radical (unpaired) electrons. The van der Waals surface area contributed by atoms with Gasteiger partial charge in [0.25, 0.3) is 5.91 Å². The fourth-order valence-electron chi connectivity index (χ4n) is 8.74. The molecule has 7 rings (SSSR count). The number of benzene rings is 3. The third-order valence-corrected chi connectivity index (χ3v) is 12.7. The highest BCUT2D eigenvalue weighted by Crippen LogP contribution is 2.45. The van der Waals surface area contributed by atoms with E-state index in [1.807, 2.05) is 6.92 Å². The van der Waals surface area contributed by atoms with Crippen molar-refractivity contribution in [3.63, 3.8) is 0 Å². The van der Waals surface area contributed by atoms with Gasteiger partial charge in [-0.05, 0) is 106 Å². The van der Waals surface area contributed by atoms with Crippen LogP contribution in [0.5, 0.6) is 0 Å². The number of fused-ring (bicyclic) bond motifs is 3. The summed E-state index contributed by atoms with van der Waals surface area (Å²) < 4.78 is 44.9. The van der Waals surface area contributed by atoms with E-state index >= 15 is 0 Å². The van der Waals surface area contributed by atoms with Crippen LogP contribution in [0.15, 0.2) is 77.7 Å². The van der Waals surface area contributed by atoms with Gasteiger partial charge < -0.3 is 9.47 Å². The van der Waals surface area contributed by atoms with Crippen molar-refractivity contribution in [3.05, 3.63) is 95.6 Å². The SMILES string of the molecule is CCCNS(=O)(=O)c1cc(C(=O)N2CCC(CCN3[C@@H]4CC[C@H]3C[C@@H](n3c(C)nc5ccccc53)C4)(c3ccccc3)CC2)ccc1F. The Labute approximate surface area is 283 Å². The van der Waals surface area contributed by atoms with Crippen molar-refractivity contribution < 1.29 is 17.6 Å². The van der Waals surface area contributed by atoms with Crippen molar-refractivity contribution in [2.24, 2.45) is 0 Å². The number of sulfonamides is 1. The zero-order chi connectivity index (χ0) is 33.5. The predicted octanol–water partition coefficient (Wildman–Crippen LogP) is 6.60. The first-order valence-electron chi connectivity index (χ1n) is 17.5. The fraction of sp³-hybridized carbons (Fsp3) is 0.474. The van der Waals surface area contributed by atoms with Gasteiger partial charge in [0.15, 0.2) is 0 Å². The first kappa shape index (κ1) is 32.9. The molecule has 2 bridgehead atoms. The van der Waals surface area contributed by atoms with Gasteiger partial charge in [-0.2, -0.15) is 0 Å². The summed E-state index contributed by atoms with van der Waals surface area (Å²) in [4.78, 5) is 22.6. The molecule has 0 aliphatic carbocycles. The van der Waals surface area contributed by atoms with E-state index in [1.165, 1.54) is 36.1 Å². The molecule has 254 valence electrons. The summed E-state index contributed by atoms with van der Waals surface area (Å²) in [6, 6.07) is 24.4. The first-order valence-corrected chi connectivity index (χ1v) is 19.0. The molecule has 4 heterocycles. The Morgan fingerprint density at radius 1 is 0.958 bits per heavy atom. The van der Waals surface area contributed by atoms with Gasteiger partial charge in [0, 0.05) is 43.3 Å². The lowest BCUT2D eigenvalue weighted by Gasteiger charge is -2.45. The average Bonchev–Trinajstić information content (AvgIpc) is 3.56. The van der Waals surface area contributed by atoms with Crippen molar-refractivity contribution >= 4 is 27.0 Å². The van der Waals surface area contributed by atoms with Crippen LogP contribution in [0.2, 0.25) is 0 Å². The highest BCUT2D eigenvalue weighted by Gasteiger charge is 2.44. The fourth-order valence-corrected chi connectivity index (χ4v) is 9.98. The van der Waals surface area contributed by atoms with Gasteiger partial charge in [0.2, 0.25) is 10.0 Å². The molecule has 0 unspecified atom stereocenters. The van der Waals surface area contributed by atoms with Crippen molar-refractivity contribution in [2.45, 2.75) is 93.7 Å². The number of rotatable bonds is 10. The molecule has 8 nitrogen and oxygen atoms in total. The van der Waals surface area contributed by atoms with Crippen LogP contribution in [0.3, 0.4) is 0 Å². The molecule has 3 atom stereocenters. The van der Waals surface area contributed by atoms with Gasteiger partial charge in [-0.1, -0.05) is 49.4 Å². The first-order chi connectivity index (χ1) is 23.2. The molecule has 0 saturated carbocycles. The second-order valence-electron chi connectivity index (χ2n) is 14.0. The number of nitrogens with one attached hydrogen (secondary N) is 1. The summed E-state index contributed by atoms with van der Waals surface area (Å²) in [6.45, 7) is 6.32. The Hall–Kier alpha value is -3.60. The van der Waals surface area contributed by atoms with Crippen LogP contribution < -0.4 is 4.72 Å². The lowest BCUT2D eigenvalue weighted by Crippen LogP contribution is -2.49. The molecule has 0 spiro atoms. The Morgan fingerprint density at radius 2 is 1.65 bits per heavy atom. The summed E-state index contributed by atoms with van der Waals surface area (Å²) in [6.07, 6.45) is 7.99. The number of carbonyl (C=O) groups excluding carboxylic acids is 1. The number of para-hydroxylation sites is 2. The van der Waals surface area contributed by atoms with E-state index in [0.717, 1.165) is 56.1 Å². The third-order valence-electron chi connectivity index (χ3n) is 11.2. The number of aryl methyl sites for hydroxylation is 1. The number of hydrogen-bond acceptors (Lipinski definition) is 5. The van der Waals surface area contributed by atoms with Crippen LogP contribution in [0.1, 0.15) is 86.1 Å². The van der Waals surface area contributed by atoms with Crippen LogP contribution in [0, 0.1) is 12.7 Å². The van der Waals surface area contributed by atoms with E-state index in [-0.39, 0.29) is 23.4 Å². The molecule has 3 aliphatic heterocycles. The maximum absolute atomic E-state index is 14.6. The van der Waals surface area contributed by atoms with Gasteiger partial charge in [0.1, 0.15) is 16.5 Å². The molecule has 3 aromatic carbocycles. The molecule has 10 heteroatoms. The van der Waals surface area contributed by atoms with Crippen LogP contribution in [0.25, 0.3) is 11.0 Å². The highest BCUT2D eigenvalue weighted by atomic mass is 32.2. The summed E-state index contributed by atoms with van der Waals surface area (Å²) in [5.74, 6) is -0.0144. The van der Waals surface area contributed by atoms with E-state index in [2.05, 4.69) is 75.7 Å². The van der Waals surface area contributed by atoms with E-state index in [1.54, 1.807) is 4.90 Å². The topological polar surface area (TPSA) is 87.5 Å².